The highest BCUT2D eigenvalue weighted by Gasteiger charge is 2.27. The Morgan fingerprint density at radius 2 is 2.04 bits per heavy atom. The van der Waals surface area contributed by atoms with E-state index in [0.717, 1.165) is 31.0 Å². The van der Waals surface area contributed by atoms with Crippen LogP contribution in [0.4, 0.5) is 0 Å². The fraction of sp³-hybridized carbons (Fsp3) is 0.600. The molecule has 2 unspecified atom stereocenters. The molecule has 8 heteroatoms. The van der Waals surface area contributed by atoms with Crippen molar-refractivity contribution in [1.29, 1.82) is 0 Å². The molecular formula is C20H33IN4O2S. The predicted octanol–water partition coefficient (Wildman–Crippen LogP) is 2.37. The molecule has 2 rings (SSSR count). The molecule has 28 heavy (non-hydrogen) atoms. The van der Waals surface area contributed by atoms with Crippen molar-refractivity contribution >= 4 is 46.6 Å². The molecule has 0 bridgehead atoms. The molecule has 0 radical (unpaired) electrons. The Balaban J connectivity index is 0.00000392. The maximum Gasteiger partial charge on any atom is 0.225 e. The van der Waals surface area contributed by atoms with Gasteiger partial charge in [-0.1, -0.05) is 44.2 Å². The first kappa shape index (κ1) is 24.9. The number of rotatable bonds is 8. The molecule has 1 fully saturated rings. The van der Waals surface area contributed by atoms with Crippen LogP contribution in [-0.4, -0.2) is 58.9 Å². The third-order valence-electron chi connectivity index (χ3n) is 4.44. The van der Waals surface area contributed by atoms with Gasteiger partial charge in [-0.05, 0) is 18.9 Å². The minimum absolute atomic E-state index is 0. The number of carbonyl (C=O) groups excluding carboxylic acids is 1. The van der Waals surface area contributed by atoms with Gasteiger partial charge in [0.2, 0.25) is 5.91 Å². The summed E-state index contributed by atoms with van der Waals surface area (Å²) in [5, 5.41) is 6.65. The number of likely N-dealkylation sites (tertiary alicyclic amines) is 1. The van der Waals surface area contributed by atoms with E-state index in [2.05, 4.69) is 15.6 Å². The number of halogens is 1. The molecule has 1 aromatic rings. The molecule has 0 aromatic heterocycles. The van der Waals surface area contributed by atoms with Crippen LogP contribution >= 0.6 is 24.0 Å². The van der Waals surface area contributed by atoms with E-state index in [4.69, 9.17) is 0 Å². The number of carbonyl (C=O) groups is 1. The fourth-order valence-corrected chi connectivity index (χ4v) is 4.05. The zero-order valence-electron chi connectivity index (χ0n) is 17.0. The van der Waals surface area contributed by atoms with Crippen LogP contribution in [0.5, 0.6) is 0 Å². The fourth-order valence-electron chi connectivity index (χ4n) is 3.05. The Bertz CT molecular complexity index is 655. The van der Waals surface area contributed by atoms with Crippen molar-refractivity contribution in [2.24, 2.45) is 10.9 Å². The third kappa shape index (κ3) is 8.46. The van der Waals surface area contributed by atoms with Gasteiger partial charge in [-0.2, -0.15) is 0 Å². The average Bonchev–Trinajstić information content (AvgIpc) is 3.10. The summed E-state index contributed by atoms with van der Waals surface area (Å²) in [4.78, 5) is 18.6. The lowest BCUT2D eigenvalue weighted by atomic mass is 10.2. The minimum Gasteiger partial charge on any atom is -0.357 e. The SMILES string of the molecule is CCNC(=NCCS(=O)Cc1ccccc1)NC1CCN(C(=O)C(C)C)C1.I. The number of benzene rings is 1. The maximum absolute atomic E-state index is 12.2. The molecule has 1 heterocycles. The van der Waals surface area contributed by atoms with Gasteiger partial charge in [0.05, 0.1) is 6.54 Å². The Kier molecular flexibility index (Phi) is 11.7. The number of amides is 1. The standard InChI is InChI=1S/C20H32N4O2S.HI/c1-4-21-20(23-18-10-12-24(14-18)19(25)16(2)3)22-11-13-27(26)15-17-8-6-5-7-9-17;/h5-9,16,18H,4,10-15H2,1-3H3,(H2,21,22,23);1H. The quantitative estimate of drug-likeness (QED) is 0.314. The molecule has 1 aromatic carbocycles. The highest BCUT2D eigenvalue weighted by atomic mass is 127. The number of nitrogens with one attached hydrogen (secondary N) is 2. The Morgan fingerprint density at radius 1 is 1.32 bits per heavy atom. The van der Waals surface area contributed by atoms with E-state index >= 15 is 0 Å². The van der Waals surface area contributed by atoms with Crippen LogP contribution < -0.4 is 10.6 Å². The molecule has 1 aliphatic heterocycles. The maximum atomic E-state index is 12.2. The van der Waals surface area contributed by atoms with E-state index in [1.807, 2.05) is 56.0 Å². The van der Waals surface area contributed by atoms with Crippen LogP contribution in [0.15, 0.2) is 35.3 Å². The molecule has 0 aliphatic carbocycles. The highest BCUT2D eigenvalue weighted by Crippen LogP contribution is 2.12. The average molecular weight is 520 g/mol. The molecule has 0 saturated carbocycles. The summed E-state index contributed by atoms with van der Waals surface area (Å²) < 4.78 is 12.2. The Labute approximate surface area is 188 Å². The lowest BCUT2D eigenvalue weighted by Crippen LogP contribution is -2.45. The van der Waals surface area contributed by atoms with Crippen molar-refractivity contribution in [3.05, 3.63) is 35.9 Å². The van der Waals surface area contributed by atoms with Gasteiger partial charge in [0.1, 0.15) is 0 Å². The molecule has 2 atom stereocenters. The van der Waals surface area contributed by atoms with E-state index < -0.39 is 10.8 Å². The van der Waals surface area contributed by atoms with Gasteiger partial charge in [0.25, 0.3) is 0 Å². The van der Waals surface area contributed by atoms with Crippen molar-refractivity contribution in [2.75, 3.05) is 31.9 Å². The van der Waals surface area contributed by atoms with Crippen molar-refractivity contribution in [3.8, 4) is 0 Å². The van der Waals surface area contributed by atoms with Crippen LogP contribution in [0, 0.1) is 5.92 Å². The summed E-state index contributed by atoms with van der Waals surface area (Å²) in [6.45, 7) is 8.66. The lowest BCUT2D eigenvalue weighted by Gasteiger charge is -2.20. The predicted molar refractivity (Wildman–Crippen MR) is 128 cm³/mol. The molecule has 2 N–H and O–H groups in total. The summed E-state index contributed by atoms with van der Waals surface area (Å²) in [7, 11) is -0.928. The summed E-state index contributed by atoms with van der Waals surface area (Å²) in [6.07, 6.45) is 0.919. The van der Waals surface area contributed by atoms with Crippen LogP contribution in [0.2, 0.25) is 0 Å². The summed E-state index contributed by atoms with van der Waals surface area (Å²) in [6, 6.07) is 10.1. The van der Waals surface area contributed by atoms with Gasteiger partial charge in [0, 0.05) is 53.9 Å². The second-order valence-electron chi connectivity index (χ2n) is 7.10. The zero-order chi connectivity index (χ0) is 19.6. The van der Waals surface area contributed by atoms with Gasteiger partial charge in [-0.15, -0.1) is 24.0 Å². The number of hydrogen-bond donors (Lipinski definition) is 2. The first-order valence-corrected chi connectivity index (χ1v) is 11.2. The topological polar surface area (TPSA) is 73.8 Å². The van der Waals surface area contributed by atoms with Crippen molar-refractivity contribution < 1.29 is 9.00 Å². The van der Waals surface area contributed by atoms with Crippen molar-refractivity contribution in [2.45, 2.75) is 39.0 Å². The molecule has 0 spiro atoms. The number of nitrogens with zero attached hydrogens (tertiary/aromatic N) is 2. The minimum atomic E-state index is -0.928. The van der Waals surface area contributed by atoms with Gasteiger partial charge in [-0.25, -0.2) is 0 Å². The highest BCUT2D eigenvalue weighted by molar-refractivity contribution is 14.0. The smallest absolute Gasteiger partial charge is 0.225 e. The summed E-state index contributed by atoms with van der Waals surface area (Å²) >= 11 is 0. The molecule has 158 valence electrons. The van der Waals surface area contributed by atoms with Crippen LogP contribution in [-0.2, 0) is 21.3 Å². The Hall–Kier alpha value is -1.16. The number of hydrogen-bond acceptors (Lipinski definition) is 3. The van der Waals surface area contributed by atoms with E-state index in [9.17, 15) is 9.00 Å². The van der Waals surface area contributed by atoms with Crippen LogP contribution in [0.25, 0.3) is 0 Å². The first-order chi connectivity index (χ1) is 13.0. The first-order valence-electron chi connectivity index (χ1n) is 9.72. The van der Waals surface area contributed by atoms with Crippen LogP contribution in [0.1, 0.15) is 32.8 Å². The van der Waals surface area contributed by atoms with E-state index in [0.29, 0.717) is 24.6 Å². The normalized spacial score (nSPS) is 17.9. The van der Waals surface area contributed by atoms with Crippen LogP contribution in [0.3, 0.4) is 0 Å². The van der Waals surface area contributed by atoms with Gasteiger partial charge < -0.3 is 15.5 Å². The molecular weight excluding hydrogens is 487 g/mol. The zero-order valence-corrected chi connectivity index (χ0v) is 20.2. The van der Waals surface area contributed by atoms with Gasteiger partial charge in [0.15, 0.2) is 5.96 Å². The molecule has 1 amide bonds. The third-order valence-corrected chi connectivity index (χ3v) is 5.73. The van der Waals surface area contributed by atoms with Gasteiger partial charge >= 0.3 is 0 Å². The monoisotopic (exact) mass is 520 g/mol. The summed E-state index contributed by atoms with van der Waals surface area (Å²) in [5.74, 6) is 2.07. The van der Waals surface area contributed by atoms with Crippen molar-refractivity contribution in [1.82, 2.24) is 15.5 Å². The van der Waals surface area contributed by atoms with Crippen molar-refractivity contribution in [3.63, 3.8) is 0 Å². The molecule has 6 nitrogen and oxygen atoms in total. The Morgan fingerprint density at radius 3 is 2.68 bits per heavy atom. The molecule has 1 saturated heterocycles. The second-order valence-corrected chi connectivity index (χ2v) is 8.68. The van der Waals surface area contributed by atoms with E-state index in [1.54, 1.807) is 0 Å². The number of guanidine groups is 1. The lowest BCUT2D eigenvalue weighted by molar-refractivity contribution is -0.133. The largest absolute Gasteiger partial charge is 0.357 e. The van der Waals surface area contributed by atoms with Gasteiger partial charge in [-0.3, -0.25) is 14.0 Å². The molecule has 1 aliphatic rings. The van der Waals surface area contributed by atoms with E-state index in [-0.39, 0.29) is 41.8 Å². The number of aliphatic imine (C=N–C) groups is 1. The summed E-state index contributed by atoms with van der Waals surface area (Å²) in [5.41, 5.74) is 1.09. The second kappa shape index (κ2) is 13.1. The van der Waals surface area contributed by atoms with E-state index in [1.165, 1.54) is 0 Å².